The van der Waals surface area contributed by atoms with E-state index in [0.29, 0.717) is 0 Å². The molecular weight excluding hydrogens is 299 g/mol. The lowest BCUT2D eigenvalue weighted by Crippen LogP contribution is -2.02. The molecule has 0 radical (unpaired) electrons. The van der Waals surface area contributed by atoms with Gasteiger partial charge in [0.05, 0.1) is 0 Å². The van der Waals surface area contributed by atoms with E-state index in [-0.39, 0.29) is 0 Å². The number of rotatable bonds is 2. The summed E-state index contributed by atoms with van der Waals surface area (Å²) < 4.78 is 45.6. The molecule has 0 bridgehead atoms. The van der Waals surface area contributed by atoms with E-state index >= 15 is 0 Å². The molecule has 1 aromatic heterocycles. The zero-order chi connectivity index (χ0) is 14.3. The fourth-order valence-electron chi connectivity index (χ4n) is 1.25. The summed E-state index contributed by atoms with van der Waals surface area (Å²) in [4.78, 5) is 0. The normalized spacial score (nSPS) is 11.9. The van der Waals surface area contributed by atoms with Gasteiger partial charge < -0.3 is 17.3 Å². The third-order valence-corrected chi connectivity index (χ3v) is 3.82. The molecule has 2 rings (SSSR count). The largest absolute Gasteiger partial charge is 0.673 e. The molecule has 0 fully saturated rings. The van der Waals surface area contributed by atoms with Gasteiger partial charge in [0.15, 0.2) is 0 Å². The SMILES string of the molecule is CC[O+]=c1sscc1-c1ccccc1.F[B-](F)(F)F. The van der Waals surface area contributed by atoms with Crippen LogP contribution in [0.5, 0.6) is 0 Å². The summed E-state index contributed by atoms with van der Waals surface area (Å²) in [5.74, 6) is 0. The predicted octanol–water partition coefficient (Wildman–Crippen LogP) is 4.69. The summed E-state index contributed by atoms with van der Waals surface area (Å²) in [5.41, 5.74) is 2.44. The minimum Gasteiger partial charge on any atom is -0.418 e. The highest BCUT2D eigenvalue weighted by atomic mass is 32.9. The van der Waals surface area contributed by atoms with Gasteiger partial charge in [-0.05, 0) is 5.56 Å². The second kappa shape index (κ2) is 7.45. The zero-order valence-electron chi connectivity index (χ0n) is 9.99. The van der Waals surface area contributed by atoms with E-state index in [4.69, 9.17) is 4.42 Å². The first-order chi connectivity index (χ1) is 8.92. The lowest BCUT2D eigenvalue weighted by Gasteiger charge is -1.94. The molecule has 0 spiro atoms. The lowest BCUT2D eigenvalue weighted by atomic mass is 10.1. The van der Waals surface area contributed by atoms with Gasteiger partial charge >= 0.3 is 12.0 Å². The van der Waals surface area contributed by atoms with Crippen LogP contribution < -0.4 is 4.74 Å². The van der Waals surface area contributed by atoms with Gasteiger partial charge in [-0.15, -0.1) is 0 Å². The molecule has 0 saturated heterocycles. The first kappa shape index (κ1) is 15.9. The van der Waals surface area contributed by atoms with Gasteiger partial charge in [0.1, 0.15) is 5.56 Å². The minimum atomic E-state index is -6.00. The first-order valence-corrected chi connectivity index (χ1v) is 7.59. The first-order valence-electron chi connectivity index (χ1n) is 5.38. The van der Waals surface area contributed by atoms with E-state index in [1.807, 2.05) is 25.1 Å². The molecular formula is C11H11BF4OS2. The summed E-state index contributed by atoms with van der Waals surface area (Å²) in [6, 6.07) is 10.3. The Morgan fingerprint density at radius 2 is 1.68 bits per heavy atom. The van der Waals surface area contributed by atoms with Gasteiger partial charge in [-0.1, -0.05) is 40.7 Å². The van der Waals surface area contributed by atoms with Crippen molar-refractivity contribution < 1.29 is 17.3 Å². The van der Waals surface area contributed by atoms with Crippen LogP contribution in [0.2, 0.25) is 0 Å². The standard InChI is InChI=1S/C11H11OS2.BF4/c1-2-12-11-10(8-13-14-11)9-6-4-3-5-7-9;2-1(3,4)5/h3-8H,2H2,1H3;/q+1;-1. The third-order valence-electron chi connectivity index (χ3n) is 1.87. The second-order valence-electron chi connectivity index (χ2n) is 3.29. The van der Waals surface area contributed by atoms with Crippen molar-refractivity contribution >= 4 is 27.9 Å². The molecule has 1 heterocycles. The molecule has 1 aromatic carbocycles. The van der Waals surface area contributed by atoms with E-state index in [0.717, 1.165) is 11.3 Å². The number of hydrogen-bond acceptors (Lipinski definition) is 2. The van der Waals surface area contributed by atoms with Crippen molar-refractivity contribution in [2.75, 3.05) is 6.61 Å². The Balaban J connectivity index is 0.000000312. The van der Waals surface area contributed by atoms with E-state index in [9.17, 15) is 17.3 Å². The molecule has 1 nitrogen and oxygen atoms in total. The average molecular weight is 310 g/mol. The molecule has 0 aliphatic carbocycles. The van der Waals surface area contributed by atoms with Crippen LogP contribution >= 0.6 is 20.7 Å². The van der Waals surface area contributed by atoms with Crippen molar-refractivity contribution in [2.24, 2.45) is 0 Å². The lowest BCUT2D eigenvalue weighted by molar-refractivity contribution is 0.368. The number of halogens is 4. The maximum atomic E-state index is 9.75. The molecule has 0 N–H and O–H groups in total. The summed E-state index contributed by atoms with van der Waals surface area (Å²) in [6.07, 6.45) is 0. The summed E-state index contributed by atoms with van der Waals surface area (Å²) in [7, 11) is -2.59. The van der Waals surface area contributed by atoms with E-state index in [2.05, 4.69) is 17.5 Å². The van der Waals surface area contributed by atoms with Gasteiger partial charge in [-0.25, -0.2) is 4.42 Å². The highest BCUT2D eigenvalue weighted by molar-refractivity contribution is 7.68. The summed E-state index contributed by atoms with van der Waals surface area (Å²) in [5, 5.41) is 2.14. The molecule has 0 saturated carbocycles. The Labute approximate surface area is 115 Å². The maximum absolute atomic E-state index is 9.75. The highest BCUT2D eigenvalue weighted by Gasteiger charge is 2.20. The Bertz CT molecular complexity index is 542. The van der Waals surface area contributed by atoms with Crippen molar-refractivity contribution in [1.82, 2.24) is 0 Å². The van der Waals surface area contributed by atoms with Crippen molar-refractivity contribution in [2.45, 2.75) is 6.92 Å². The predicted molar refractivity (Wildman–Crippen MR) is 74.6 cm³/mol. The van der Waals surface area contributed by atoms with Crippen molar-refractivity contribution in [1.29, 1.82) is 0 Å². The Morgan fingerprint density at radius 3 is 2.21 bits per heavy atom. The van der Waals surface area contributed by atoms with Crippen LogP contribution in [0.15, 0.2) is 40.1 Å². The van der Waals surface area contributed by atoms with Crippen LogP contribution in [0.1, 0.15) is 6.92 Å². The quantitative estimate of drug-likeness (QED) is 0.330. The van der Waals surface area contributed by atoms with Crippen LogP contribution in [0, 0.1) is 0 Å². The summed E-state index contributed by atoms with van der Waals surface area (Å²) >= 11 is 0. The minimum absolute atomic E-state index is 0.729. The van der Waals surface area contributed by atoms with Gasteiger partial charge in [-0.2, -0.15) is 0 Å². The van der Waals surface area contributed by atoms with Crippen LogP contribution in [-0.2, 0) is 0 Å². The molecule has 0 aliphatic rings. The number of hydrogen-bond donors (Lipinski definition) is 0. The van der Waals surface area contributed by atoms with E-state index < -0.39 is 7.25 Å². The highest BCUT2D eigenvalue weighted by Crippen LogP contribution is 2.19. The van der Waals surface area contributed by atoms with Gasteiger partial charge in [0, 0.05) is 22.6 Å². The van der Waals surface area contributed by atoms with E-state index in [1.165, 1.54) is 11.1 Å². The molecule has 104 valence electrons. The second-order valence-corrected chi connectivity index (χ2v) is 5.34. The zero-order valence-corrected chi connectivity index (χ0v) is 11.6. The fourth-order valence-corrected chi connectivity index (χ4v) is 3.34. The van der Waals surface area contributed by atoms with Crippen LogP contribution in [0.25, 0.3) is 11.1 Å². The van der Waals surface area contributed by atoms with Crippen LogP contribution in [-0.4, -0.2) is 13.9 Å². The van der Waals surface area contributed by atoms with Gasteiger partial charge in [0.2, 0.25) is 0 Å². The van der Waals surface area contributed by atoms with Crippen molar-refractivity contribution in [3.63, 3.8) is 0 Å². The topological polar surface area (TPSA) is 11.3 Å². The van der Waals surface area contributed by atoms with Crippen molar-refractivity contribution in [3.8, 4) is 11.1 Å². The smallest absolute Gasteiger partial charge is 0.418 e. The fraction of sp³-hybridized carbons (Fsp3) is 0.182. The molecule has 0 atom stereocenters. The molecule has 19 heavy (non-hydrogen) atoms. The van der Waals surface area contributed by atoms with Gasteiger partial charge in [-0.3, -0.25) is 0 Å². The molecule has 2 aromatic rings. The Hall–Kier alpha value is -1.15. The molecule has 8 heteroatoms. The molecule has 0 amide bonds. The maximum Gasteiger partial charge on any atom is 0.673 e. The van der Waals surface area contributed by atoms with Crippen LogP contribution in [0.3, 0.4) is 0 Å². The Kier molecular flexibility index (Phi) is 6.24. The monoisotopic (exact) mass is 310 g/mol. The third kappa shape index (κ3) is 6.54. The summed E-state index contributed by atoms with van der Waals surface area (Å²) in [6.45, 7) is 2.74. The average Bonchev–Trinajstić information content (AvgIpc) is 2.77. The van der Waals surface area contributed by atoms with Gasteiger partial charge in [0.25, 0.3) is 6.61 Å². The Morgan fingerprint density at radius 1 is 1.11 bits per heavy atom. The molecule has 0 unspecified atom stereocenters. The van der Waals surface area contributed by atoms with E-state index in [1.54, 1.807) is 20.7 Å². The van der Waals surface area contributed by atoms with Crippen LogP contribution in [0.4, 0.5) is 17.3 Å². The number of benzene rings is 1. The van der Waals surface area contributed by atoms with Crippen molar-refractivity contribution in [3.05, 3.63) is 44.9 Å². The molecule has 0 aliphatic heterocycles.